The number of thiazole rings is 1. The van der Waals surface area contributed by atoms with Crippen LogP contribution < -0.4 is 11.1 Å². The second kappa shape index (κ2) is 6.11. The first-order chi connectivity index (χ1) is 9.50. The number of pyridine rings is 1. The van der Waals surface area contributed by atoms with Crippen LogP contribution in [-0.2, 0) is 11.2 Å². The molecule has 2 rings (SSSR count). The molecule has 0 saturated carbocycles. The highest BCUT2D eigenvalue weighted by Crippen LogP contribution is 2.21. The van der Waals surface area contributed by atoms with E-state index in [2.05, 4.69) is 15.3 Å². The molecule has 0 spiro atoms. The fraction of sp³-hybridized carbons (Fsp3) is 0.357. The third-order valence-corrected chi connectivity index (χ3v) is 3.68. The molecule has 0 aliphatic heterocycles. The molecule has 0 atom stereocenters. The van der Waals surface area contributed by atoms with Crippen LogP contribution in [0.3, 0.4) is 0 Å². The number of nitrogens with two attached hydrogens (primary N) is 1. The lowest BCUT2D eigenvalue weighted by Gasteiger charge is -2.23. The molecule has 2 aromatic rings. The topological polar surface area (TPSA) is 80.9 Å². The fourth-order valence-electron chi connectivity index (χ4n) is 1.63. The number of nitrogens with zero attached hydrogens (tertiary/aromatic N) is 2. The predicted octanol–water partition coefficient (Wildman–Crippen LogP) is 1.60. The minimum Gasteiger partial charge on any atom is -0.350 e. The van der Waals surface area contributed by atoms with Gasteiger partial charge in [0.05, 0.1) is 17.8 Å². The van der Waals surface area contributed by atoms with Crippen LogP contribution in [0, 0.1) is 0 Å². The molecular weight excluding hydrogens is 272 g/mol. The number of rotatable bonds is 5. The lowest BCUT2D eigenvalue weighted by atomic mass is 10.1. The van der Waals surface area contributed by atoms with Crippen molar-refractivity contribution in [1.82, 2.24) is 15.3 Å². The summed E-state index contributed by atoms with van der Waals surface area (Å²) in [6.45, 7) is 4.19. The summed E-state index contributed by atoms with van der Waals surface area (Å²) in [7, 11) is 0. The van der Waals surface area contributed by atoms with Gasteiger partial charge >= 0.3 is 0 Å². The number of aromatic nitrogens is 2. The van der Waals surface area contributed by atoms with Crippen molar-refractivity contribution in [2.24, 2.45) is 5.73 Å². The first-order valence-electron chi connectivity index (χ1n) is 6.37. The Labute approximate surface area is 122 Å². The first-order valence-corrected chi connectivity index (χ1v) is 7.25. The van der Waals surface area contributed by atoms with E-state index < -0.39 is 5.54 Å². The standard InChI is InChI=1S/C14H18N4OS/c1-14(2,9-15)18-12(19)7-10-8-20-13(17-10)11-5-3-4-6-16-11/h3-6,8H,7,9,15H2,1-2H3,(H,18,19). The Balaban J connectivity index is 2.02. The Morgan fingerprint density at radius 1 is 1.45 bits per heavy atom. The minimum atomic E-state index is -0.392. The Bertz CT molecular complexity index is 580. The maximum Gasteiger partial charge on any atom is 0.226 e. The molecule has 1 amide bonds. The summed E-state index contributed by atoms with van der Waals surface area (Å²) in [6.07, 6.45) is 1.99. The summed E-state index contributed by atoms with van der Waals surface area (Å²) in [5.74, 6) is -0.0710. The quantitative estimate of drug-likeness (QED) is 0.876. The lowest BCUT2D eigenvalue weighted by Crippen LogP contribution is -2.49. The van der Waals surface area contributed by atoms with E-state index >= 15 is 0 Å². The highest BCUT2D eigenvalue weighted by molar-refractivity contribution is 7.13. The van der Waals surface area contributed by atoms with E-state index in [0.29, 0.717) is 6.54 Å². The molecule has 0 saturated heterocycles. The van der Waals surface area contributed by atoms with Gasteiger partial charge in [-0.15, -0.1) is 11.3 Å². The average molecular weight is 290 g/mol. The van der Waals surface area contributed by atoms with Crippen molar-refractivity contribution in [3.8, 4) is 10.7 Å². The molecule has 2 aromatic heterocycles. The van der Waals surface area contributed by atoms with Gasteiger partial charge in [-0.05, 0) is 26.0 Å². The normalized spacial score (nSPS) is 11.3. The molecule has 3 N–H and O–H groups in total. The van der Waals surface area contributed by atoms with Gasteiger partial charge in [-0.25, -0.2) is 4.98 Å². The molecule has 106 valence electrons. The molecule has 0 radical (unpaired) electrons. The van der Waals surface area contributed by atoms with Crippen LogP contribution in [0.15, 0.2) is 29.8 Å². The van der Waals surface area contributed by atoms with Gasteiger partial charge in [0.25, 0.3) is 0 Å². The monoisotopic (exact) mass is 290 g/mol. The van der Waals surface area contributed by atoms with Crippen LogP contribution in [0.4, 0.5) is 0 Å². The Kier molecular flexibility index (Phi) is 4.46. The third kappa shape index (κ3) is 3.85. The molecule has 0 aliphatic carbocycles. The second-order valence-corrected chi connectivity index (χ2v) is 6.03. The van der Waals surface area contributed by atoms with E-state index in [4.69, 9.17) is 5.73 Å². The van der Waals surface area contributed by atoms with Crippen LogP contribution in [0.2, 0.25) is 0 Å². The maximum atomic E-state index is 11.9. The van der Waals surface area contributed by atoms with Gasteiger partial charge in [0.1, 0.15) is 5.01 Å². The lowest BCUT2D eigenvalue weighted by molar-refractivity contribution is -0.121. The predicted molar refractivity (Wildman–Crippen MR) is 80.3 cm³/mol. The van der Waals surface area contributed by atoms with Gasteiger partial charge in [-0.2, -0.15) is 0 Å². The number of nitrogens with one attached hydrogen (secondary N) is 1. The number of carbonyl (C=O) groups is 1. The Morgan fingerprint density at radius 2 is 2.25 bits per heavy atom. The van der Waals surface area contributed by atoms with E-state index in [9.17, 15) is 4.79 Å². The summed E-state index contributed by atoms with van der Waals surface area (Å²) < 4.78 is 0. The maximum absolute atomic E-state index is 11.9. The summed E-state index contributed by atoms with van der Waals surface area (Å²) in [4.78, 5) is 20.6. The van der Waals surface area contributed by atoms with E-state index in [1.807, 2.05) is 37.4 Å². The van der Waals surface area contributed by atoms with Gasteiger partial charge in [-0.1, -0.05) is 6.07 Å². The third-order valence-electron chi connectivity index (χ3n) is 2.77. The average Bonchev–Trinajstić information content (AvgIpc) is 2.87. The largest absolute Gasteiger partial charge is 0.350 e. The van der Waals surface area contributed by atoms with Crippen molar-refractivity contribution in [3.63, 3.8) is 0 Å². The Hall–Kier alpha value is -1.79. The van der Waals surface area contributed by atoms with Crippen molar-refractivity contribution in [2.45, 2.75) is 25.8 Å². The molecule has 5 nitrogen and oxygen atoms in total. The summed E-state index contributed by atoms with van der Waals surface area (Å²) in [5, 5.41) is 5.60. The van der Waals surface area contributed by atoms with Gasteiger partial charge in [0.2, 0.25) is 5.91 Å². The number of hydrogen-bond acceptors (Lipinski definition) is 5. The fourth-order valence-corrected chi connectivity index (χ4v) is 2.43. The van der Waals surface area contributed by atoms with Crippen molar-refractivity contribution < 1.29 is 4.79 Å². The van der Waals surface area contributed by atoms with Crippen LogP contribution in [0.5, 0.6) is 0 Å². The molecule has 20 heavy (non-hydrogen) atoms. The highest BCUT2D eigenvalue weighted by Gasteiger charge is 2.19. The Morgan fingerprint density at radius 3 is 2.90 bits per heavy atom. The van der Waals surface area contributed by atoms with Crippen LogP contribution in [0.1, 0.15) is 19.5 Å². The van der Waals surface area contributed by atoms with E-state index in [-0.39, 0.29) is 12.3 Å². The van der Waals surface area contributed by atoms with E-state index in [1.54, 1.807) is 6.20 Å². The van der Waals surface area contributed by atoms with Crippen molar-refractivity contribution in [3.05, 3.63) is 35.5 Å². The molecule has 0 fully saturated rings. The zero-order valence-corrected chi connectivity index (χ0v) is 12.4. The van der Waals surface area contributed by atoms with E-state index in [0.717, 1.165) is 16.4 Å². The highest BCUT2D eigenvalue weighted by atomic mass is 32.1. The van der Waals surface area contributed by atoms with Gasteiger partial charge < -0.3 is 11.1 Å². The van der Waals surface area contributed by atoms with Crippen molar-refractivity contribution in [2.75, 3.05) is 6.54 Å². The van der Waals surface area contributed by atoms with Gasteiger partial charge in [0, 0.05) is 23.7 Å². The van der Waals surface area contributed by atoms with Crippen molar-refractivity contribution >= 4 is 17.2 Å². The molecule has 0 aliphatic rings. The molecular formula is C14H18N4OS. The molecule has 0 unspecified atom stereocenters. The van der Waals surface area contributed by atoms with Crippen LogP contribution >= 0.6 is 11.3 Å². The summed E-state index contributed by atoms with van der Waals surface area (Å²) in [5.41, 5.74) is 6.78. The van der Waals surface area contributed by atoms with E-state index in [1.165, 1.54) is 11.3 Å². The number of hydrogen-bond donors (Lipinski definition) is 2. The minimum absolute atomic E-state index is 0.0710. The van der Waals surface area contributed by atoms with Gasteiger partial charge in [0.15, 0.2) is 0 Å². The number of carbonyl (C=O) groups excluding carboxylic acids is 1. The summed E-state index contributed by atoms with van der Waals surface area (Å²) >= 11 is 1.49. The zero-order chi connectivity index (χ0) is 14.6. The second-order valence-electron chi connectivity index (χ2n) is 5.17. The molecule has 2 heterocycles. The smallest absolute Gasteiger partial charge is 0.226 e. The molecule has 0 bridgehead atoms. The van der Waals surface area contributed by atoms with Gasteiger partial charge in [-0.3, -0.25) is 9.78 Å². The summed E-state index contributed by atoms with van der Waals surface area (Å²) in [6, 6.07) is 5.68. The van der Waals surface area contributed by atoms with Crippen molar-refractivity contribution in [1.29, 1.82) is 0 Å². The molecule has 0 aromatic carbocycles. The zero-order valence-electron chi connectivity index (χ0n) is 11.6. The molecule has 6 heteroatoms. The van der Waals surface area contributed by atoms with Crippen LogP contribution in [0.25, 0.3) is 10.7 Å². The SMILES string of the molecule is CC(C)(CN)NC(=O)Cc1csc(-c2ccccn2)n1. The number of amides is 1. The first kappa shape index (κ1) is 14.6. The van der Waals surface area contributed by atoms with Crippen LogP contribution in [-0.4, -0.2) is 28.0 Å².